The van der Waals surface area contributed by atoms with Crippen LogP contribution in [0.4, 0.5) is 5.69 Å². The summed E-state index contributed by atoms with van der Waals surface area (Å²) >= 11 is 0. The molecule has 1 heterocycles. The molecule has 0 aliphatic heterocycles. The number of hydrogen-bond acceptors (Lipinski definition) is 6. The Balaban J connectivity index is 1.83. The number of ether oxygens (including phenoxy) is 1. The van der Waals surface area contributed by atoms with Gasteiger partial charge >= 0.3 is 5.97 Å². The van der Waals surface area contributed by atoms with E-state index in [4.69, 9.17) is 4.74 Å². The van der Waals surface area contributed by atoms with Gasteiger partial charge in [0.15, 0.2) is 0 Å². The van der Waals surface area contributed by atoms with E-state index in [2.05, 4.69) is 10.3 Å². The van der Waals surface area contributed by atoms with Crippen LogP contribution in [0.25, 0.3) is 10.9 Å². The summed E-state index contributed by atoms with van der Waals surface area (Å²) in [7, 11) is 1.23. The second-order valence-electron chi connectivity index (χ2n) is 6.06. The van der Waals surface area contributed by atoms with Crippen molar-refractivity contribution in [2.45, 2.75) is 12.5 Å². The van der Waals surface area contributed by atoms with E-state index in [0.717, 1.165) is 5.39 Å². The van der Waals surface area contributed by atoms with E-state index in [1.807, 2.05) is 12.1 Å². The van der Waals surface area contributed by atoms with Crippen molar-refractivity contribution in [2.24, 2.45) is 0 Å². The highest BCUT2D eigenvalue weighted by atomic mass is 16.6. The van der Waals surface area contributed by atoms with Crippen LogP contribution in [0, 0.1) is 10.1 Å². The highest BCUT2D eigenvalue weighted by Gasteiger charge is 2.24. The first kappa shape index (κ1) is 19.0. The first-order valence-corrected chi connectivity index (χ1v) is 8.45. The van der Waals surface area contributed by atoms with Crippen molar-refractivity contribution in [1.29, 1.82) is 0 Å². The maximum absolute atomic E-state index is 12.8. The Kier molecular flexibility index (Phi) is 5.59. The quantitative estimate of drug-likeness (QED) is 0.400. The third-order valence-electron chi connectivity index (χ3n) is 4.26. The third kappa shape index (κ3) is 4.12. The molecule has 3 rings (SSSR count). The number of rotatable bonds is 6. The lowest BCUT2D eigenvalue weighted by Crippen LogP contribution is -2.43. The minimum Gasteiger partial charge on any atom is -0.467 e. The first-order valence-electron chi connectivity index (χ1n) is 8.45. The number of carbonyl (C=O) groups is 2. The minimum atomic E-state index is -0.946. The molecule has 0 aliphatic rings. The molecule has 0 saturated heterocycles. The zero-order chi connectivity index (χ0) is 20.1. The number of esters is 1. The fraction of sp³-hybridized carbons (Fsp3) is 0.150. The van der Waals surface area contributed by atoms with Crippen molar-refractivity contribution < 1.29 is 19.2 Å². The average Bonchev–Trinajstić information content (AvgIpc) is 2.72. The highest BCUT2D eigenvalue weighted by molar-refractivity contribution is 6.06. The molecule has 0 spiro atoms. The number of carbonyl (C=O) groups excluding carboxylic acids is 2. The molecule has 0 radical (unpaired) electrons. The molecule has 8 nitrogen and oxygen atoms in total. The number of nitrogens with zero attached hydrogens (tertiary/aromatic N) is 2. The number of hydrogen-bond donors (Lipinski definition) is 1. The number of nitro groups is 1. The number of pyridine rings is 1. The number of amides is 1. The van der Waals surface area contributed by atoms with Gasteiger partial charge in [0.2, 0.25) is 0 Å². The van der Waals surface area contributed by atoms with Crippen LogP contribution in [-0.4, -0.2) is 34.9 Å². The summed E-state index contributed by atoms with van der Waals surface area (Å²) in [5.41, 5.74) is 1.47. The summed E-state index contributed by atoms with van der Waals surface area (Å²) in [4.78, 5) is 39.4. The summed E-state index contributed by atoms with van der Waals surface area (Å²) in [5.74, 6) is -1.07. The number of fused-ring (bicyclic) bond motifs is 1. The van der Waals surface area contributed by atoms with Gasteiger partial charge in [-0.05, 0) is 17.7 Å². The van der Waals surface area contributed by atoms with E-state index in [-0.39, 0.29) is 12.1 Å². The van der Waals surface area contributed by atoms with Crippen molar-refractivity contribution in [2.75, 3.05) is 7.11 Å². The molecule has 28 heavy (non-hydrogen) atoms. The predicted octanol–water partition coefficient (Wildman–Crippen LogP) is 2.66. The summed E-state index contributed by atoms with van der Waals surface area (Å²) < 4.78 is 4.79. The van der Waals surface area contributed by atoms with Gasteiger partial charge in [-0.1, -0.05) is 30.3 Å². The summed E-state index contributed by atoms with van der Waals surface area (Å²) in [6.07, 6.45) is 1.72. The maximum Gasteiger partial charge on any atom is 0.328 e. The van der Waals surface area contributed by atoms with Gasteiger partial charge in [-0.25, -0.2) is 4.79 Å². The monoisotopic (exact) mass is 379 g/mol. The number of nitrogens with one attached hydrogen (secondary N) is 1. The Hall–Kier alpha value is -3.81. The minimum absolute atomic E-state index is 0.0516. The molecule has 0 bridgehead atoms. The van der Waals surface area contributed by atoms with Gasteiger partial charge in [0, 0.05) is 30.1 Å². The zero-order valence-corrected chi connectivity index (χ0v) is 15.0. The van der Waals surface area contributed by atoms with Crippen LogP contribution in [0.2, 0.25) is 0 Å². The molecule has 1 N–H and O–H groups in total. The van der Waals surface area contributed by atoms with E-state index in [9.17, 15) is 19.7 Å². The standard InChI is InChI=1S/C20H17N3O5/c1-28-20(25)17(12-13-7-9-15(10-8-13)23(26)27)22-19(24)16-6-2-4-14-5-3-11-21-18(14)16/h2-11,17H,12H2,1H3,(H,22,24)/t17-/m0/s1. The lowest BCUT2D eigenvalue weighted by Gasteiger charge is -2.17. The molecule has 1 aromatic heterocycles. The fourth-order valence-electron chi connectivity index (χ4n) is 2.85. The smallest absolute Gasteiger partial charge is 0.328 e. The topological polar surface area (TPSA) is 111 Å². The number of non-ortho nitro benzene ring substituents is 1. The number of aromatic nitrogens is 1. The van der Waals surface area contributed by atoms with Crippen LogP contribution < -0.4 is 5.32 Å². The summed E-state index contributed by atoms with van der Waals surface area (Å²) in [6, 6.07) is 13.7. The SMILES string of the molecule is COC(=O)[C@H](Cc1ccc([N+](=O)[O-])cc1)NC(=O)c1cccc2cccnc12. The Labute approximate surface area is 160 Å². The van der Waals surface area contributed by atoms with Crippen molar-refractivity contribution in [3.05, 3.63) is 82.0 Å². The predicted molar refractivity (Wildman–Crippen MR) is 102 cm³/mol. The summed E-state index contributed by atoms with van der Waals surface area (Å²) in [6.45, 7) is 0. The van der Waals surface area contributed by atoms with E-state index >= 15 is 0 Å². The molecule has 142 valence electrons. The normalized spacial score (nSPS) is 11.6. The Morgan fingerprint density at radius 1 is 1.14 bits per heavy atom. The Morgan fingerprint density at radius 2 is 1.86 bits per heavy atom. The van der Waals surface area contributed by atoms with Crippen LogP contribution >= 0.6 is 0 Å². The van der Waals surface area contributed by atoms with Crippen molar-refractivity contribution in [1.82, 2.24) is 10.3 Å². The molecule has 0 fully saturated rings. The van der Waals surface area contributed by atoms with Crippen molar-refractivity contribution >= 4 is 28.5 Å². The maximum atomic E-state index is 12.8. The Morgan fingerprint density at radius 3 is 2.54 bits per heavy atom. The molecule has 1 atom stereocenters. The molecule has 0 saturated carbocycles. The molecular weight excluding hydrogens is 362 g/mol. The number of benzene rings is 2. The number of para-hydroxylation sites is 1. The van der Waals surface area contributed by atoms with E-state index < -0.39 is 22.8 Å². The largest absolute Gasteiger partial charge is 0.467 e. The van der Waals surface area contributed by atoms with E-state index in [1.54, 1.807) is 36.5 Å². The van der Waals surface area contributed by atoms with Crippen LogP contribution in [0.5, 0.6) is 0 Å². The van der Waals surface area contributed by atoms with Gasteiger partial charge in [-0.3, -0.25) is 19.9 Å². The second kappa shape index (κ2) is 8.26. The molecule has 0 aliphatic carbocycles. The molecule has 1 amide bonds. The fourth-order valence-corrected chi connectivity index (χ4v) is 2.85. The van der Waals surface area contributed by atoms with Crippen LogP contribution in [0.15, 0.2) is 60.8 Å². The summed E-state index contributed by atoms with van der Waals surface area (Å²) in [5, 5.41) is 14.2. The van der Waals surface area contributed by atoms with Crippen LogP contribution in [-0.2, 0) is 16.0 Å². The molecule has 3 aromatic rings. The zero-order valence-electron chi connectivity index (χ0n) is 15.0. The second-order valence-corrected chi connectivity index (χ2v) is 6.06. The van der Waals surface area contributed by atoms with Crippen LogP contribution in [0.1, 0.15) is 15.9 Å². The highest BCUT2D eigenvalue weighted by Crippen LogP contribution is 2.17. The van der Waals surface area contributed by atoms with Gasteiger partial charge in [-0.2, -0.15) is 0 Å². The third-order valence-corrected chi connectivity index (χ3v) is 4.26. The van der Waals surface area contributed by atoms with Crippen molar-refractivity contribution in [3.63, 3.8) is 0 Å². The lowest BCUT2D eigenvalue weighted by molar-refractivity contribution is -0.384. The number of methoxy groups -OCH3 is 1. The van der Waals surface area contributed by atoms with Crippen LogP contribution in [0.3, 0.4) is 0 Å². The van der Waals surface area contributed by atoms with Gasteiger partial charge in [0.25, 0.3) is 11.6 Å². The van der Waals surface area contributed by atoms with Crippen molar-refractivity contribution in [3.8, 4) is 0 Å². The van der Waals surface area contributed by atoms with E-state index in [1.165, 1.54) is 19.2 Å². The Bertz CT molecular complexity index is 1030. The van der Waals surface area contributed by atoms with Gasteiger partial charge in [-0.15, -0.1) is 0 Å². The molecule has 2 aromatic carbocycles. The first-order chi connectivity index (χ1) is 13.5. The van der Waals surface area contributed by atoms with Gasteiger partial charge in [0.1, 0.15) is 6.04 Å². The molecule has 0 unspecified atom stereocenters. The molecular formula is C20H17N3O5. The van der Waals surface area contributed by atoms with Gasteiger partial charge < -0.3 is 10.1 Å². The average molecular weight is 379 g/mol. The van der Waals surface area contributed by atoms with E-state index in [0.29, 0.717) is 16.6 Å². The lowest BCUT2D eigenvalue weighted by atomic mass is 10.0. The van der Waals surface area contributed by atoms with Gasteiger partial charge in [0.05, 0.1) is 23.1 Å². The molecule has 8 heteroatoms. The number of nitro benzene ring substituents is 1.